The molecule has 96 valence electrons. The highest BCUT2D eigenvalue weighted by atomic mass is 14.9. The summed E-state index contributed by atoms with van der Waals surface area (Å²) in [6.45, 7) is 8.04. The lowest BCUT2D eigenvalue weighted by atomic mass is 9.81. The van der Waals surface area contributed by atoms with Gasteiger partial charge in [0.05, 0.1) is 6.04 Å². The second kappa shape index (κ2) is 6.44. The molecule has 0 spiro atoms. The number of hydrogen-bond acceptors (Lipinski definition) is 1. The molecule has 1 atom stereocenters. The lowest BCUT2D eigenvalue weighted by molar-refractivity contribution is 0.338. The lowest BCUT2D eigenvalue weighted by Gasteiger charge is -2.32. The summed E-state index contributed by atoms with van der Waals surface area (Å²) in [4.78, 5) is 0. The van der Waals surface area contributed by atoms with Gasteiger partial charge < -0.3 is 5.32 Å². The minimum absolute atomic E-state index is 0.338. The molecular formula is C17H23N. The topological polar surface area (TPSA) is 12.0 Å². The Bertz CT molecular complexity index is 387. The van der Waals surface area contributed by atoms with Crippen LogP contribution in [0.4, 0.5) is 5.69 Å². The molecule has 1 nitrogen and oxygen atoms in total. The Kier molecular flexibility index (Phi) is 4.63. The molecule has 2 rings (SSSR count). The molecule has 18 heavy (non-hydrogen) atoms. The van der Waals surface area contributed by atoms with Crippen molar-refractivity contribution < 1.29 is 0 Å². The van der Waals surface area contributed by atoms with Crippen molar-refractivity contribution >= 4 is 5.69 Å². The summed E-state index contributed by atoms with van der Waals surface area (Å²) in [5, 5.41) is 3.63. The molecule has 1 fully saturated rings. The van der Waals surface area contributed by atoms with E-state index >= 15 is 0 Å². The molecule has 0 saturated heterocycles. The third-order valence-electron chi connectivity index (χ3n) is 3.88. The predicted octanol–water partition coefficient (Wildman–Crippen LogP) is 4.79. The SMILES string of the molecule is C=CC(=C)C(Nc1ccccc1)C1CCCCC1. The first-order chi connectivity index (χ1) is 8.81. The molecule has 1 aliphatic rings. The average molecular weight is 241 g/mol. The molecule has 1 N–H and O–H groups in total. The van der Waals surface area contributed by atoms with Crippen molar-refractivity contribution in [3.8, 4) is 0 Å². The summed E-state index contributed by atoms with van der Waals surface area (Å²) >= 11 is 0. The number of benzene rings is 1. The van der Waals surface area contributed by atoms with Crippen molar-refractivity contribution in [1.29, 1.82) is 0 Å². The number of para-hydroxylation sites is 1. The molecule has 0 amide bonds. The molecule has 0 bridgehead atoms. The first-order valence-corrected chi connectivity index (χ1v) is 6.94. The van der Waals surface area contributed by atoms with E-state index in [1.807, 2.05) is 12.1 Å². The minimum Gasteiger partial charge on any atom is -0.378 e. The quantitative estimate of drug-likeness (QED) is 0.731. The molecule has 1 aliphatic carbocycles. The van der Waals surface area contributed by atoms with E-state index in [1.54, 1.807) is 0 Å². The largest absolute Gasteiger partial charge is 0.378 e. The third-order valence-corrected chi connectivity index (χ3v) is 3.88. The fraction of sp³-hybridized carbons (Fsp3) is 0.412. The Balaban J connectivity index is 2.09. The Labute approximate surface area is 111 Å². The van der Waals surface area contributed by atoms with Gasteiger partial charge in [0.25, 0.3) is 0 Å². The van der Waals surface area contributed by atoms with Crippen molar-refractivity contribution in [1.82, 2.24) is 0 Å². The first kappa shape index (κ1) is 12.9. The van der Waals surface area contributed by atoms with E-state index in [2.05, 4.69) is 42.7 Å². The van der Waals surface area contributed by atoms with Crippen LogP contribution in [-0.4, -0.2) is 6.04 Å². The Hall–Kier alpha value is -1.50. The van der Waals surface area contributed by atoms with Gasteiger partial charge >= 0.3 is 0 Å². The van der Waals surface area contributed by atoms with Crippen LogP contribution in [-0.2, 0) is 0 Å². The van der Waals surface area contributed by atoms with Crippen LogP contribution in [0.25, 0.3) is 0 Å². The van der Waals surface area contributed by atoms with Crippen LogP contribution in [0.2, 0.25) is 0 Å². The zero-order valence-corrected chi connectivity index (χ0v) is 11.1. The molecule has 0 radical (unpaired) electrons. The molecule has 1 unspecified atom stereocenters. The summed E-state index contributed by atoms with van der Waals surface area (Å²) in [6, 6.07) is 10.8. The number of rotatable bonds is 5. The maximum atomic E-state index is 4.16. The van der Waals surface area contributed by atoms with Gasteiger partial charge in [-0.1, -0.05) is 56.7 Å². The van der Waals surface area contributed by atoms with E-state index in [1.165, 1.54) is 37.8 Å². The number of nitrogens with one attached hydrogen (secondary N) is 1. The summed E-state index contributed by atoms with van der Waals surface area (Å²) in [7, 11) is 0. The van der Waals surface area contributed by atoms with E-state index in [9.17, 15) is 0 Å². The summed E-state index contributed by atoms with van der Waals surface area (Å²) in [5.41, 5.74) is 2.29. The van der Waals surface area contributed by atoms with Gasteiger partial charge in [-0.2, -0.15) is 0 Å². The summed E-state index contributed by atoms with van der Waals surface area (Å²) in [6.07, 6.45) is 8.59. The second-order valence-electron chi connectivity index (χ2n) is 5.17. The van der Waals surface area contributed by atoms with Crippen LogP contribution in [0, 0.1) is 5.92 Å². The van der Waals surface area contributed by atoms with Crippen molar-refractivity contribution in [2.45, 2.75) is 38.1 Å². The van der Waals surface area contributed by atoms with Gasteiger partial charge in [0.15, 0.2) is 0 Å². The molecule has 0 heterocycles. The van der Waals surface area contributed by atoms with E-state index in [-0.39, 0.29) is 0 Å². The monoisotopic (exact) mass is 241 g/mol. The maximum Gasteiger partial charge on any atom is 0.0536 e. The normalized spacial score (nSPS) is 18.0. The van der Waals surface area contributed by atoms with Gasteiger partial charge in [0.2, 0.25) is 0 Å². The predicted molar refractivity (Wildman–Crippen MR) is 79.8 cm³/mol. The van der Waals surface area contributed by atoms with Crippen molar-refractivity contribution in [2.24, 2.45) is 5.92 Å². The van der Waals surface area contributed by atoms with Gasteiger partial charge in [-0.15, -0.1) is 0 Å². The van der Waals surface area contributed by atoms with Gasteiger partial charge in [0, 0.05) is 5.69 Å². The van der Waals surface area contributed by atoms with Gasteiger partial charge in [0.1, 0.15) is 0 Å². The number of anilines is 1. The molecular weight excluding hydrogens is 218 g/mol. The van der Waals surface area contributed by atoms with E-state index in [0.717, 1.165) is 5.57 Å². The zero-order valence-electron chi connectivity index (χ0n) is 11.1. The summed E-state index contributed by atoms with van der Waals surface area (Å²) < 4.78 is 0. The van der Waals surface area contributed by atoms with E-state index < -0.39 is 0 Å². The second-order valence-corrected chi connectivity index (χ2v) is 5.17. The fourth-order valence-electron chi connectivity index (χ4n) is 2.82. The number of hydrogen-bond donors (Lipinski definition) is 1. The Morgan fingerprint density at radius 1 is 1.17 bits per heavy atom. The van der Waals surface area contributed by atoms with E-state index in [4.69, 9.17) is 0 Å². The molecule has 0 aliphatic heterocycles. The smallest absolute Gasteiger partial charge is 0.0536 e. The molecule has 1 heteroatoms. The van der Waals surface area contributed by atoms with Gasteiger partial charge in [-0.25, -0.2) is 0 Å². The standard InChI is InChI=1S/C17H23N/c1-3-14(2)17(15-10-6-4-7-11-15)18-16-12-8-5-9-13-16/h3,5,8-9,12-13,15,17-18H,1-2,4,6-7,10-11H2. The Morgan fingerprint density at radius 3 is 2.44 bits per heavy atom. The van der Waals surface area contributed by atoms with Crippen molar-refractivity contribution in [2.75, 3.05) is 5.32 Å². The fourth-order valence-corrected chi connectivity index (χ4v) is 2.82. The minimum atomic E-state index is 0.338. The highest BCUT2D eigenvalue weighted by molar-refractivity contribution is 5.46. The Morgan fingerprint density at radius 2 is 1.83 bits per heavy atom. The summed E-state index contributed by atoms with van der Waals surface area (Å²) in [5.74, 6) is 0.699. The van der Waals surface area contributed by atoms with Gasteiger partial charge in [-0.3, -0.25) is 0 Å². The molecule has 1 aromatic carbocycles. The highest BCUT2D eigenvalue weighted by Gasteiger charge is 2.24. The lowest BCUT2D eigenvalue weighted by Crippen LogP contribution is -2.31. The van der Waals surface area contributed by atoms with Gasteiger partial charge in [-0.05, 0) is 36.5 Å². The van der Waals surface area contributed by atoms with Crippen molar-refractivity contribution in [3.63, 3.8) is 0 Å². The van der Waals surface area contributed by atoms with Crippen molar-refractivity contribution in [3.05, 3.63) is 55.1 Å². The van der Waals surface area contributed by atoms with Crippen LogP contribution in [0.1, 0.15) is 32.1 Å². The third kappa shape index (κ3) is 3.25. The molecule has 1 aromatic rings. The first-order valence-electron chi connectivity index (χ1n) is 6.94. The zero-order chi connectivity index (χ0) is 12.8. The van der Waals surface area contributed by atoms with Crippen LogP contribution in [0.5, 0.6) is 0 Å². The van der Waals surface area contributed by atoms with Crippen LogP contribution in [0.3, 0.4) is 0 Å². The molecule has 0 aromatic heterocycles. The maximum absolute atomic E-state index is 4.16. The highest BCUT2D eigenvalue weighted by Crippen LogP contribution is 2.31. The van der Waals surface area contributed by atoms with E-state index in [0.29, 0.717) is 12.0 Å². The van der Waals surface area contributed by atoms with Crippen LogP contribution < -0.4 is 5.32 Å². The van der Waals surface area contributed by atoms with Crippen LogP contribution in [0.15, 0.2) is 55.1 Å². The average Bonchev–Trinajstić information content (AvgIpc) is 2.46. The van der Waals surface area contributed by atoms with Crippen LogP contribution >= 0.6 is 0 Å². The molecule has 1 saturated carbocycles.